The molecule has 8 rings (SSSR count). The Labute approximate surface area is 235 Å². The number of aliphatic hydroxyl groups excluding tert-OH is 1. The molecule has 0 radical (unpaired) electrons. The number of hydrogen-bond donors (Lipinski definition) is 3. The number of aromatic hydroxyl groups is 1. The zero-order chi connectivity index (χ0) is 26.9. The Morgan fingerprint density at radius 3 is 2.56 bits per heavy atom. The molecule has 5 aliphatic carbocycles. The van der Waals surface area contributed by atoms with E-state index in [0.717, 1.165) is 19.3 Å². The van der Waals surface area contributed by atoms with Crippen LogP contribution in [0.2, 0.25) is 0 Å². The van der Waals surface area contributed by atoms with E-state index >= 15 is 0 Å². The molecule has 2 aliphatic heterocycles. The number of aliphatic hydroxyl groups is 1. The summed E-state index contributed by atoms with van der Waals surface area (Å²) < 4.78 is 7.74. The van der Waals surface area contributed by atoms with Crippen molar-refractivity contribution in [1.29, 1.82) is 0 Å². The number of hydrogen-bond acceptors (Lipinski definition) is 4. The molecule has 6 fully saturated rings. The fraction of sp³-hybridized carbons (Fsp3) is 0.771. The lowest BCUT2D eigenvalue weighted by molar-refractivity contribution is -0.329. The van der Waals surface area contributed by atoms with Crippen LogP contribution >= 0.6 is 0 Å². The molecule has 7 aliphatic rings. The van der Waals surface area contributed by atoms with Crippen molar-refractivity contribution in [2.75, 3.05) is 6.61 Å². The first-order valence-corrected chi connectivity index (χ1v) is 16.2. The summed E-state index contributed by atoms with van der Waals surface area (Å²) in [5, 5.41) is 20.8. The second-order valence-corrected chi connectivity index (χ2v) is 14.9. The summed E-state index contributed by atoms with van der Waals surface area (Å²) in [5.74, 6) is 9.51. The lowest BCUT2D eigenvalue weighted by atomic mass is 9.45. The number of fused-ring (bicyclic) bond motifs is 5. The molecule has 0 aromatic heterocycles. The van der Waals surface area contributed by atoms with E-state index in [1.165, 1.54) is 81.8 Å². The Morgan fingerprint density at radius 1 is 1.00 bits per heavy atom. The highest BCUT2D eigenvalue weighted by molar-refractivity contribution is 5.39. The predicted molar refractivity (Wildman–Crippen MR) is 154 cm³/mol. The third-order valence-electron chi connectivity index (χ3n) is 12.9. The van der Waals surface area contributed by atoms with E-state index in [2.05, 4.69) is 24.8 Å². The average Bonchev–Trinajstić information content (AvgIpc) is 3.60. The Kier molecular flexibility index (Phi) is 6.42. The normalized spacial score (nSPS) is 42.8. The van der Waals surface area contributed by atoms with Gasteiger partial charge in [0.25, 0.3) is 0 Å². The molecule has 212 valence electrons. The summed E-state index contributed by atoms with van der Waals surface area (Å²) in [5.41, 5.74) is 9.48. The summed E-state index contributed by atoms with van der Waals surface area (Å²) in [6.07, 6.45) is 18.7. The molecule has 2 heterocycles. The summed E-state index contributed by atoms with van der Waals surface area (Å²) in [4.78, 5) is 0. The molecular formula is C35H49NO3. The van der Waals surface area contributed by atoms with Crippen molar-refractivity contribution in [2.45, 2.75) is 126 Å². The minimum absolute atomic E-state index is 0.0635. The second-order valence-electron chi connectivity index (χ2n) is 14.9. The van der Waals surface area contributed by atoms with E-state index < -0.39 is 5.54 Å². The zero-order valence-electron chi connectivity index (χ0n) is 24.0. The number of nitrogens with two attached hydrogens (primary N) is 1. The lowest BCUT2D eigenvalue weighted by Gasteiger charge is -2.70. The van der Waals surface area contributed by atoms with Gasteiger partial charge in [0, 0.05) is 24.5 Å². The van der Waals surface area contributed by atoms with Crippen LogP contribution in [-0.2, 0) is 17.6 Å². The molecule has 1 aromatic carbocycles. The van der Waals surface area contributed by atoms with Crippen LogP contribution in [0.15, 0.2) is 18.2 Å². The molecule has 1 aromatic rings. The van der Waals surface area contributed by atoms with E-state index in [9.17, 15) is 10.2 Å². The average molecular weight is 532 g/mol. The van der Waals surface area contributed by atoms with E-state index in [1.54, 1.807) is 0 Å². The maximum atomic E-state index is 10.4. The van der Waals surface area contributed by atoms with Crippen LogP contribution in [0.5, 0.6) is 5.75 Å². The van der Waals surface area contributed by atoms with Crippen LogP contribution in [-0.4, -0.2) is 33.6 Å². The lowest BCUT2D eigenvalue weighted by Crippen LogP contribution is -2.79. The Bertz CT molecular complexity index is 1160. The fourth-order valence-electron chi connectivity index (χ4n) is 11.4. The smallest absolute Gasteiger partial charge is 0.115 e. The highest BCUT2D eigenvalue weighted by Crippen LogP contribution is 2.67. The van der Waals surface area contributed by atoms with Gasteiger partial charge in [-0.1, -0.05) is 43.6 Å². The number of rotatable bonds is 3. The number of phenols is 1. The molecule has 2 saturated heterocycles. The van der Waals surface area contributed by atoms with E-state index in [4.69, 9.17) is 10.5 Å². The molecule has 39 heavy (non-hydrogen) atoms. The Morgan fingerprint density at radius 2 is 1.79 bits per heavy atom. The van der Waals surface area contributed by atoms with Crippen LogP contribution < -0.4 is 5.73 Å². The fourth-order valence-corrected chi connectivity index (χ4v) is 11.4. The SMILES string of the molecule is C[C@@]1(C2CCCC2)O[C@@]23CC[C@H]1[C@](N)(CCO)[C@H]2C#CCc1cc(O)ccc1C[C@@H]1C[C@H]3CC2(CCCC2)C1. The largest absolute Gasteiger partial charge is 0.508 e. The van der Waals surface area contributed by atoms with Crippen molar-refractivity contribution in [3.63, 3.8) is 0 Å². The third-order valence-corrected chi connectivity index (χ3v) is 12.9. The number of ether oxygens (including phenoxy) is 1. The molecule has 0 unspecified atom stereocenters. The number of benzene rings is 1. The molecule has 0 amide bonds. The first-order chi connectivity index (χ1) is 18.8. The summed E-state index contributed by atoms with van der Waals surface area (Å²) in [7, 11) is 0. The van der Waals surface area contributed by atoms with Crippen LogP contribution in [0.1, 0.15) is 108 Å². The third kappa shape index (κ3) is 4.04. The van der Waals surface area contributed by atoms with Crippen LogP contribution in [0.4, 0.5) is 0 Å². The number of phenolic OH excluding ortho intramolecular Hbond substituents is 1. The first kappa shape index (κ1) is 26.4. The summed E-state index contributed by atoms with van der Waals surface area (Å²) >= 11 is 0. The molecule has 7 atom stereocenters. The van der Waals surface area contributed by atoms with Crippen LogP contribution in [0, 0.1) is 46.8 Å². The minimum atomic E-state index is -0.541. The second kappa shape index (κ2) is 9.50. The van der Waals surface area contributed by atoms with Crippen molar-refractivity contribution >= 4 is 0 Å². The van der Waals surface area contributed by atoms with Gasteiger partial charge in [-0.15, -0.1) is 0 Å². The van der Waals surface area contributed by atoms with Crippen LogP contribution in [0.3, 0.4) is 0 Å². The minimum Gasteiger partial charge on any atom is -0.508 e. The summed E-state index contributed by atoms with van der Waals surface area (Å²) in [6.45, 7) is 2.52. The maximum absolute atomic E-state index is 10.4. The van der Waals surface area contributed by atoms with Crippen molar-refractivity contribution in [1.82, 2.24) is 0 Å². The zero-order valence-corrected chi connectivity index (χ0v) is 24.0. The van der Waals surface area contributed by atoms with Gasteiger partial charge in [0.1, 0.15) is 5.75 Å². The maximum Gasteiger partial charge on any atom is 0.115 e. The van der Waals surface area contributed by atoms with Gasteiger partial charge in [0.05, 0.1) is 17.1 Å². The predicted octanol–water partition coefficient (Wildman–Crippen LogP) is 6.29. The van der Waals surface area contributed by atoms with E-state index in [-0.39, 0.29) is 29.6 Å². The van der Waals surface area contributed by atoms with Gasteiger partial charge in [-0.2, -0.15) is 0 Å². The molecular weight excluding hydrogens is 482 g/mol. The molecule has 4 saturated carbocycles. The van der Waals surface area contributed by atoms with Crippen molar-refractivity contribution in [2.24, 2.45) is 40.7 Å². The van der Waals surface area contributed by atoms with Gasteiger partial charge in [-0.3, -0.25) is 0 Å². The summed E-state index contributed by atoms with van der Waals surface area (Å²) in [6, 6.07) is 5.95. The molecule has 4 nitrogen and oxygen atoms in total. The Hall–Kier alpha value is -1.54. The highest BCUT2D eigenvalue weighted by atomic mass is 16.5. The van der Waals surface area contributed by atoms with Gasteiger partial charge in [-0.05, 0) is 124 Å². The van der Waals surface area contributed by atoms with Gasteiger partial charge < -0.3 is 20.7 Å². The first-order valence-electron chi connectivity index (χ1n) is 16.2. The van der Waals surface area contributed by atoms with Crippen molar-refractivity contribution in [3.8, 4) is 17.6 Å². The van der Waals surface area contributed by atoms with Gasteiger partial charge >= 0.3 is 0 Å². The molecule has 4 bridgehead atoms. The molecule has 4 N–H and O–H groups in total. The van der Waals surface area contributed by atoms with E-state index in [1.807, 2.05) is 12.1 Å². The standard InChI is InChI=1S/C35H49NO3/c1-32(27-8-2-3-9-27)30-13-16-35(39-32)28-20-24(22-33(23-28)14-4-5-15-33)19-26-11-12-29(38)21-25(26)7-6-10-31(35)34(30,36)17-18-37/h11-12,21,24,27-28,30-31,37-38H,2-5,7-9,13-20,22-23,36H2,1H3/t24-,28+,30-,31-,32+,34-,35-/m1/s1. The van der Waals surface area contributed by atoms with Crippen LogP contribution in [0.25, 0.3) is 0 Å². The monoisotopic (exact) mass is 531 g/mol. The highest BCUT2D eigenvalue weighted by Gasteiger charge is 2.71. The quantitative estimate of drug-likeness (QED) is 0.401. The van der Waals surface area contributed by atoms with Gasteiger partial charge in [-0.25, -0.2) is 0 Å². The van der Waals surface area contributed by atoms with Gasteiger partial charge in [0.15, 0.2) is 0 Å². The van der Waals surface area contributed by atoms with Gasteiger partial charge in [0.2, 0.25) is 0 Å². The van der Waals surface area contributed by atoms with Crippen molar-refractivity contribution < 1.29 is 14.9 Å². The topological polar surface area (TPSA) is 75.7 Å². The Balaban J connectivity index is 1.39. The van der Waals surface area contributed by atoms with E-state index in [0.29, 0.717) is 41.8 Å². The molecule has 2 spiro atoms. The van der Waals surface area contributed by atoms with Crippen molar-refractivity contribution in [3.05, 3.63) is 29.3 Å². The molecule has 4 heteroatoms.